The second-order valence-corrected chi connectivity index (χ2v) is 6.60. The third-order valence-corrected chi connectivity index (χ3v) is 4.11. The number of hydrogen-bond acceptors (Lipinski definition) is 2. The maximum atomic E-state index is 4.93. The standard InChI is InChI=1S/C16H23N3/c1-11-12(9-10-17-11)15-18-13-7-5-6-8-14(13)19(15)16(2,3)4/h5-8,11-12,17H,9-10H2,1-4H3. The lowest BCUT2D eigenvalue weighted by molar-refractivity contribution is 0.377. The lowest BCUT2D eigenvalue weighted by Gasteiger charge is -2.27. The van der Waals surface area contributed by atoms with E-state index in [9.17, 15) is 0 Å². The fourth-order valence-electron chi connectivity index (χ4n) is 3.21. The third-order valence-electron chi connectivity index (χ3n) is 4.11. The molecule has 2 heterocycles. The van der Waals surface area contributed by atoms with Crippen LogP contribution in [0.1, 0.15) is 45.9 Å². The van der Waals surface area contributed by atoms with Crippen molar-refractivity contribution in [1.29, 1.82) is 0 Å². The van der Waals surface area contributed by atoms with E-state index < -0.39 is 0 Å². The zero-order valence-electron chi connectivity index (χ0n) is 12.3. The van der Waals surface area contributed by atoms with Gasteiger partial charge in [-0.05, 0) is 52.8 Å². The zero-order valence-corrected chi connectivity index (χ0v) is 12.3. The lowest BCUT2D eigenvalue weighted by Crippen LogP contribution is -2.29. The van der Waals surface area contributed by atoms with Gasteiger partial charge in [-0.3, -0.25) is 0 Å². The Balaban J connectivity index is 2.23. The van der Waals surface area contributed by atoms with Crippen molar-refractivity contribution in [1.82, 2.24) is 14.9 Å². The van der Waals surface area contributed by atoms with Crippen LogP contribution in [0.5, 0.6) is 0 Å². The summed E-state index contributed by atoms with van der Waals surface area (Å²) in [4.78, 5) is 4.93. The van der Waals surface area contributed by atoms with Gasteiger partial charge in [-0.15, -0.1) is 0 Å². The minimum atomic E-state index is 0.0632. The Labute approximate surface area is 115 Å². The average molecular weight is 257 g/mol. The van der Waals surface area contributed by atoms with Gasteiger partial charge in [0.2, 0.25) is 0 Å². The monoisotopic (exact) mass is 257 g/mol. The molecular formula is C16H23N3. The molecule has 1 aromatic carbocycles. The summed E-state index contributed by atoms with van der Waals surface area (Å²) in [7, 11) is 0. The Hall–Kier alpha value is -1.35. The highest BCUT2D eigenvalue weighted by Crippen LogP contribution is 2.33. The van der Waals surface area contributed by atoms with Crippen molar-refractivity contribution in [3.8, 4) is 0 Å². The van der Waals surface area contributed by atoms with Gasteiger partial charge < -0.3 is 9.88 Å². The van der Waals surface area contributed by atoms with Crippen molar-refractivity contribution in [2.75, 3.05) is 6.54 Å². The largest absolute Gasteiger partial charge is 0.322 e. The average Bonchev–Trinajstić information content (AvgIpc) is 2.90. The van der Waals surface area contributed by atoms with Gasteiger partial charge in [0, 0.05) is 17.5 Å². The molecule has 0 amide bonds. The lowest BCUT2D eigenvalue weighted by atomic mass is 9.99. The van der Waals surface area contributed by atoms with Crippen LogP contribution in [0.3, 0.4) is 0 Å². The molecule has 0 spiro atoms. The normalized spacial score (nSPS) is 24.2. The molecule has 2 aromatic rings. The molecule has 1 N–H and O–H groups in total. The first-order valence-electron chi connectivity index (χ1n) is 7.20. The number of benzene rings is 1. The van der Waals surface area contributed by atoms with Crippen molar-refractivity contribution >= 4 is 11.0 Å². The molecule has 0 bridgehead atoms. The van der Waals surface area contributed by atoms with Crippen LogP contribution in [0.4, 0.5) is 0 Å². The number of para-hydroxylation sites is 2. The van der Waals surface area contributed by atoms with Crippen LogP contribution in [0.25, 0.3) is 11.0 Å². The summed E-state index contributed by atoms with van der Waals surface area (Å²) < 4.78 is 2.43. The van der Waals surface area contributed by atoms with Gasteiger partial charge in [0.05, 0.1) is 11.0 Å². The van der Waals surface area contributed by atoms with Gasteiger partial charge in [-0.2, -0.15) is 0 Å². The van der Waals surface area contributed by atoms with Gasteiger partial charge in [-0.1, -0.05) is 12.1 Å². The van der Waals surface area contributed by atoms with Gasteiger partial charge in [0.25, 0.3) is 0 Å². The van der Waals surface area contributed by atoms with Crippen LogP contribution in [-0.2, 0) is 5.54 Å². The van der Waals surface area contributed by atoms with E-state index in [-0.39, 0.29) is 5.54 Å². The molecular weight excluding hydrogens is 234 g/mol. The second-order valence-electron chi connectivity index (χ2n) is 6.60. The Kier molecular flexibility index (Phi) is 2.90. The van der Waals surface area contributed by atoms with Gasteiger partial charge in [0.15, 0.2) is 0 Å². The van der Waals surface area contributed by atoms with E-state index in [2.05, 4.69) is 61.8 Å². The van der Waals surface area contributed by atoms with Crippen LogP contribution in [0.15, 0.2) is 24.3 Å². The molecule has 102 valence electrons. The molecule has 1 saturated heterocycles. The van der Waals surface area contributed by atoms with E-state index in [1.807, 2.05) is 0 Å². The van der Waals surface area contributed by atoms with Crippen molar-refractivity contribution in [3.05, 3.63) is 30.1 Å². The molecule has 19 heavy (non-hydrogen) atoms. The van der Waals surface area contributed by atoms with E-state index in [4.69, 9.17) is 4.98 Å². The molecule has 3 rings (SSSR count). The molecule has 1 fully saturated rings. The summed E-state index contributed by atoms with van der Waals surface area (Å²) in [5.41, 5.74) is 2.43. The number of fused-ring (bicyclic) bond motifs is 1. The van der Waals surface area contributed by atoms with Gasteiger partial charge >= 0.3 is 0 Å². The predicted molar refractivity (Wildman–Crippen MR) is 79.6 cm³/mol. The molecule has 1 aliphatic heterocycles. The van der Waals surface area contributed by atoms with Crippen LogP contribution in [0, 0.1) is 0 Å². The van der Waals surface area contributed by atoms with E-state index in [0.717, 1.165) is 12.1 Å². The molecule has 3 heteroatoms. The smallest absolute Gasteiger partial charge is 0.115 e. The summed E-state index contributed by atoms with van der Waals surface area (Å²) in [5.74, 6) is 1.76. The molecule has 3 nitrogen and oxygen atoms in total. The van der Waals surface area contributed by atoms with Crippen LogP contribution in [0.2, 0.25) is 0 Å². The highest BCUT2D eigenvalue weighted by molar-refractivity contribution is 5.76. The Morgan fingerprint density at radius 3 is 2.63 bits per heavy atom. The van der Waals surface area contributed by atoms with Crippen molar-refractivity contribution in [2.24, 2.45) is 0 Å². The highest BCUT2D eigenvalue weighted by Gasteiger charge is 2.32. The topological polar surface area (TPSA) is 29.9 Å². The van der Waals surface area contributed by atoms with E-state index in [1.54, 1.807) is 0 Å². The number of nitrogens with zero attached hydrogens (tertiary/aromatic N) is 2. The van der Waals surface area contributed by atoms with E-state index in [1.165, 1.54) is 17.8 Å². The van der Waals surface area contributed by atoms with Crippen molar-refractivity contribution in [3.63, 3.8) is 0 Å². The number of rotatable bonds is 1. The summed E-state index contributed by atoms with van der Waals surface area (Å²) in [6, 6.07) is 8.99. The van der Waals surface area contributed by atoms with Crippen LogP contribution >= 0.6 is 0 Å². The van der Waals surface area contributed by atoms with Crippen LogP contribution in [-0.4, -0.2) is 22.1 Å². The summed E-state index contributed by atoms with van der Waals surface area (Å²) >= 11 is 0. The maximum absolute atomic E-state index is 4.93. The summed E-state index contributed by atoms with van der Waals surface area (Å²) in [6.07, 6.45) is 1.18. The zero-order chi connectivity index (χ0) is 13.6. The van der Waals surface area contributed by atoms with E-state index in [0.29, 0.717) is 12.0 Å². The molecule has 1 aromatic heterocycles. The number of aromatic nitrogens is 2. The summed E-state index contributed by atoms with van der Waals surface area (Å²) in [5, 5.41) is 3.54. The fraction of sp³-hybridized carbons (Fsp3) is 0.562. The first-order chi connectivity index (χ1) is 8.98. The summed E-state index contributed by atoms with van der Waals surface area (Å²) in [6.45, 7) is 10.1. The van der Waals surface area contributed by atoms with Gasteiger partial charge in [0.1, 0.15) is 5.82 Å². The Morgan fingerprint density at radius 1 is 1.26 bits per heavy atom. The number of hydrogen-bond donors (Lipinski definition) is 1. The first-order valence-corrected chi connectivity index (χ1v) is 7.20. The second kappa shape index (κ2) is 4.34. The Bertz CT molecular complexity index is 592. The number of imidazole rings is 1. The van der Waals surface area contributed by atoms with Crippen molar-refractivity contribution < 1.29 is 0 Å². The van der Waals surface area contributed by atoms with Crippen molar-refractivity contribution in [2.45, 2.75) is 51.6 Å². The molecule has 0 aliphatic carbocycles. The quantitative estimate of drug-likeness (QED) is 0.850. The predicted octanol–water partition coefficient (Wildman–Crippen LogP) is 3.26. The molecule has 0 radical (unpaired) electrons. The minimum absolute atomic E-state index is 0.0632. The minimum Gasteiger partial charge on any atom is -0.322 e. The fourth-order valence-corrected chi connectivity index (χ4v) is 3.21. The molecule has 2 atom stereocenters. The SMILES string of the molecule is CC1NCCC1c1nc2ccccc2n1C(C)(C)C. The van der Waals surface area contributed by atoms with Gasteiger partial charge in [-0.25, -0.2) is 4.98 Å². The number of nitrogens with one attached hydrogen (secondary N) is 1. The van der Waals surface area contributed by atoms with E-state index >= 15 is 0 Å². The first kappa shape index (κ1) is 12.7. The highest BCUT2D eigenvalue weighted by atomic mass is 15.1. The molecule has 0 saturated carbocycles. The third kappa shape index (κ3) is 2.06. The maximum Gasteiger partial charge on any atom is 0.115 e. The van der Waals surface area contributed by atoms with Crippen LogP contribution < -0.4 is 5.32 Å². The Morgan fingerprint density at radius 2 is 2.00 bits per heavy atom. The molecule has 2 unspecified atom stereocenters. The molecule has 1 aliphatic rings.